The van der Waals surface area contributed by atoms with Gasteiger partial charge >= 0.3 is 6.03 Å². The van der Waals surface area contributed by atoms with E-state index in [1.165, 1.54) is 29.1 Å². The largest absolute Gasteiger partial charge is 0.507 e. The molecule has 1 unspecified atom stereocenters. The van der Waals surface area contributed by atoms with Crippen molar-refractivity contribution < 1.29 is 15.1 Å². The number of hydrogen-bond donors (Lipinski definition) is 3. The number of thiocarbonyl (C=S) groups is 1. The standard InChI is InChI=1S/C23H20Cl2N4O3S2/c1-23(2)20(29(32)21(31)27-14-8-9-17(24)18(25)11-14)28(22(33)34-23)26-12-16-15-6-4-3-5-13(15)7-10-19(16)30/h3-12,20,30,32H,1-2H3,(H,27,31)/b26-12+. The number of benzene rings is 3. The molecule has 1 heterocycles. The van der Waals surface area contributed by atoms with E-state index in [1.807, 2.05) is 44.2 Å². The van der Waals surface area contributed by atoms with Crippen molar-refractivity contribution in [2.24, 2.45) is 5.10 Å². The predicted octanol–water partition coefficient (Wildman–Crippen LogP) is 6.55. The van der Waals surface area contributed by atoms with E-state index in [0.29, 0.717) is 25.7 Å². The molecule has 0 spiro atoms. The highest BCUT2D eigenvalue weighted by atomic mass is 35.5. The molecule has 0 aliphatic carbocycles. The van der Waals surface area contributed by atoms with Crippen molar-refractivity contribution >= 4 is 80.2 Å². The number of amides is 2. The van der Waals surface area contributed by atoms with Crippen molar-refractivity contribution in [1.29, 1.82) is 0 Å². The van der Waals surface area contributed by atoms with Crippen LogP contribution in [-0.4, -0.2) is 47.9 Å². The van der Waals surface area contributed by atoms with E-state index >= 15 is 0 Å². The highest BCUT2D eigenvalue weighted by Gasteiger charge is 2.50. The second-order valence-corrected chi connectivity index (χ2v) is 11.2. The minimum Gasteiger partial charge on any atom is -0.507 e. The molecule has 3 aromatic rings. The van der Waals surface area contributed by atoms with Gasteiger partial charge in [0.2, 0.25) is 0 Å². The molecule has 0 bridgehead atoms. The Morgan fingerprint density at radius 1 is 1.21 bits per heavy atom. The minimum atomic E-state index is -0.929. The fraction of sp³-hybridized carbons (Fsp3) is 0.174. The summed E-state index contributed by atoms with van der Waals surface area (Å²) in [7, 11) is 0. The van der Waals surface area contributed by atoms with E-state index in [2.05, 4.69) is 10.4 Å². The number of hydroxylamine groups is 2. The number of aromatic hydroxyl groups is 1. The zero-order valence-electron chi connectivity index (χ0n) is 18.1. The number of carbonyl (C=O) groups is 1. The van der Waals surface area contributed by atoms with Gasteiger partial charge in [0.15, 0.2) is 10.5 Å². The van der Waals surface area contributed by atoms with E-state index in [9.17, 15) is 15.1 Å². The highest BCUT2D eigenvalue weighted by Crippen LogP contribution is 2.43. The van der Waals surface area contributed by atoms with Crippen LogP contribution >= 0.6 is 47.2 Å². The molecule has 1 aliphatic heterocycles. The molecule has 7 nitrogen and oxygen atoms in total. The van der Waals surface area contributed by atoms with Crippen LogP contribution in [0.4, 0.5) is 10.5 Å². The molecule has 0 aromatic heterocycles. The first-order valence-electron chi connectivity index (χ1n) is 10.1. The van der Waals surface area contributed by atoms with Crippen LogP contribution in [0.3, 0.4) is 0 Å². The maximum Gasteiger partial charge on any atom is 0.347 e. The van der Waals surface area contributed by atoms with E-state index in [4.69, 9.17) is 35.4 Å². The Bertz CT molecular complexity index is 1320. The number of hydrazone groups is 1. The van der Waals surface area contributed by atoms with Crippen LogP contribution in [0, 0.1) is 0 Å². The van der Waals surface area contributed by atoms with Crippen LogP contribution in [0.5, 0.6) is 5.75 Å². The van der Waals surface area contributed by atoms with Gasteiger partial charge in [-0.3, -0.25) is 5.21 Å². The lowest BCUT2D eigenvalue weighted by molar-refractivity contribution is -0.114. The number of halogens is 2. The molecule has 1 aliphatic rings. The Hall–Kier alpha value is -2.56. The Balaban J connectivity index is 1.63. The summed E-state index contributed by atoms with van der Waals surface area (Å²) in [6.45, 7) is 3.68. The summed E-state index contributed by atoms with van der Waals surface area (Å²) >= 11 is 18.7. The molecule has 1 fully saturated rings. The number of hydrogen-bond acceptors (Lipinski definition) is 6. The molecule has 1 saturated heterocycles. The molecular formula is C23H20Cl2N4O3S2. The number of rotatable bonds is 4. The van der Waals surface area contributed by atoms with Gasteiger partial charge in [-0.1, -0.05) is 77.5 Å². The van der Waals surface area contributed by atoms with Crippen molar-refractivity contribution in [1.82, 2.24) is 10.1 Å². The van der Waals surface area contributed by atoms with Crippen LogP contribution in [0.25, 0.3) is 10.8 Å². The molecule has 3 N–H and O–H groups in total. The lowest BCUT2D eigenvalue weighted by atomic mass is 10.0. The van der Waals surface area contributed by atoms with Crippen LogP contribution in [0.2, 0.25) is 10.0 Å². The summed E-state index contributed by atoms with van der Waals surface area (Å²) in [6.07, 6.45) is 0.546. The third kappa shape index (κ3) is 4.80. The third-order valence-electron chi connectivity index (χ3n) is 5.26. The number of phenols is 1. The number of urea groups is 1. The Labute approximate surface area is 215 Å². The molecule has 0 radical (unpaired) electrons. The summed E-state index contributed by atoms with van der Waals surface area (Å²) in [4.78, 5) is 12.9. The monoisotopic (exact) mass is 534 g/mol. The average Bonchev–Trinajstić information content (AvgIpc) is 3.02. The normalized spacial score (nSPS) is 17.5. The summed E-state index contributed by atoms with van der Waals surface area (Å²) in [6, 6.07) is 14.8. The summed E-state index contributed by atoms with van der Waals surface area (Å²) in [5.41, 5.74) is 0.860. The van der Waals surface area contributed by atoms with Crippen LogP contribution in [0.15, 0.2) is 59.7 Å². The second-order valence-electron chi connectivity index (χ2n) is 8.06. The van der Waals surface area contributed by atoms with E-state index in [-0.39, 0.29) is 10.8 Å². The summed E-state index contributed by atoms with van der Waals surface area (Å²) in [5, 5.41) is 32.6. The van der Waals surface area contributed by atoms with Gasteiger partial charge in [0.1, 0.15) is 5.75 Å². The van der Waals surface area contributed by atoms with Gasteiger partial charge < -0.3 is 10.4 Å². The van der Waals surface area contributed by atoms with E-state index < -0.39 is 16.9 Å². The van der Waals surface area contributed by atoms with Gasteiger partial charge in [-0.25, -0.2) is 9.80 Å². The first-order chi connectivity index (χ1) is 16.1. The van der Waals surface area contributed by atoms with Crippen molar-refractivity contribution in [3.05, 3.63) is 70.2 Å². The van der Waals surface area contributed by atoms with Crippen LogP contribution < -0.4 is 5.32 Å². The highest BCUT2D eigenvalue weighted by molar-refractivity contribution is 8.24. The van der Waals surface area contributed by atoms with Gasteiger partial charge in [0, 0.05) is 11.3 Å². The third-order valence-corrected chi connectivity index (χ3v) is 7.54. The zero-order valence-corrected chi connectivity index (χ0v) is 21.2. The molecule has 2 amide bonds. The fourth-order valence-electron chi connectivity index (χ4n) is 3.63. The molecular weight excluding hydrogens is 515 g/mol. The van der Waals surface area contributed by atoms with Gasteiger partial charge in [0.25, 0.3) is 0 Å². The SMILES string of the molecule is CC1(C)SC(=S)N(/N=C/c2c(O)ccc3ccccc23)C1N(O)C(=O)Nc1ccc(Cl)c(Cl)c1. The number of nitrogens with one attached hydrogen (secondary N) is 1. The lowest BCUT2D eigenvalue weighted by Gasteiger charge is -2.34. The topological polar surface area (TPSA) is 88.4 Å². The predicted molar refractivity (Wildman–Crippen MR) is 142 cm³/mol. The summed E-state index contributed by atoms with van der Waals surface area (Å²) in [5.74, 6) is 0.0502. The van der Waals surface area contributed by atoms with Gasteiger partial charge in [-0.15, -0.1) is 0 Å². The number of carbonyl (C=O) groups excluding carboxylic acids is 1. The quantitative estimate of drug-likeness (QED) is 0.152. The molecule has 0 saturated carbocycles. The lowest BCUT2D eigenvalue weighted by Crippen LogP contribution is -2.54. The molecule has 4 rings (SSSR count). The van der Waals surface area contributed by atoms with Crippen molar-refractivity contribution in [2.45, 2.75) is 24.8 Å². The van der Waals surface area contributed by atoms with Crippen molar-refractivity contribution in [2.75, 3.05) is 5.32 Å². The Morgan fingerprint density at radius 2 is 1.94 bits per heavy atom. The minimum absolute atomic E-state index is 0.0502. The number of anilines is 1. The van der Waals surface area contributed by atoms with Gasteiger partial charge in [-0.2, -0.15) is 10.2 Å². The van der Waals surface area contributed by atoms with Gasteiger partial charge in [0.05, 0.1) is 21.0 Å². The van der Waals surface area contributed by atoms with Gasteiger partial charge in [-0.05, 0) is 48.9 Å². The molecule has 34 heavy (non-hydrogen) atoms. The molecule has 1 atom stereocenters. The fourth-order valence-corrected chi connectivity index (χ4v) is 5.72. The molecule has 11 heteroatoms. The van der Waals surface area contributed by atoms with Crippen LogP contribution in [0.1, 0.15) is 19.4 Å². The molecule has 176 valence electrons. The second kappa shape index (κ2) is 9.59. The van der Waals surface area contributed by atoms with Crippen molar-refractivity contribution in [3.8, 4) is 5.75 Å². The Kier molecular flexibility index (Phi) is 6.93. The summed E-state index contributed by atoms with van der Waals surface area (Å²) < 4.78 is -0.328. The smallest absolute Gasteiger partial charge is 0.347 e. The van der Waals surface area contributed by atoms with E-state index in [0.717, 1.165) is 10.8 Å². The number of phenolic OH excluding ortho intramolecular Hbond substituents is 1. The maximum atomic E-state index is 12.9. The number of nitrogens with zero attached hydrogens (tertiary/aromatic N) is 3. The number of thioether (sulfide) groups is 1. The Morgan fingerprint density at radius 3 is 2.68 bits per heavy atom. The van der Waals surface area contributed by atoms with Crippen molar-refractivity contribution in [3.63, 3.8) is 0 Å². The first-order valence-corrected chi connectivity index (χ1v) is 12.1. The van der Waals surface area contributed by atoms with E-state index in [1.54, 1.807) is 18.2 Å². The average molecular weight is 535 g/mol. The van der Waals surface area contributed by atoms with Crippen LogP contribution in [-0.2, 0) is 0 Å². The zero-order chi connectivity index (χ0) is 24.6. The number of fused-ring (bicyclic) bond motifs is 1. The molecule has 3 aromatic carbocycles. The maximum absolute atomic E-state index is 12.9. The first kappa shape index (κ1) is 24.6.